The second-order valence-corrected chi connectivity index (χ2v) is 1.69. The Morgan fingerprint density at radius 3 is 2.90 bits per heavy atom. The first-order valence-electron chi connectivity index (χ1n) is 2.94. The SMILES string of the molecule is N#CCCCN(N)/N=C\N. The van der Waals surface area contributed by atoms with E-state index in [1.807, 2.05) is 6.07 Å². The van der Waals surface area contributed by atoms with Crippen LogP contribution in [0.4, 0.5) is 0 Å². The number of nitrogens with two attached hydrogens (primary N) is 2. The van der Waals surface area contributed by atoms with Gasteiger partial charge in [-0.3, -0.25) is 0 Å². The van der Waals surface area contributed by atoms with Crippen LogP contribution in [0.3, 0.4) is 0 Å². The Morgan fingerprint density at radius 2 is 2.40 bits per heavy atom. The first kappa shape index (κ1) is 8.72. The second kappa shape index (κ2) is 5.85. The van der Waals surface area contributed by atoms with Crippen molar-refractivity contribution in [2.75, 3.05) is 6.54 Å². The van der Waals surface area contributed by atoms with Gasteiger partial charge in [0.2, 0.25) is 0 Å². The highest BCUT2D eigenvalue weighted by Gasteiger charge is 1.90. The normalized spacial score (nSPS) is 9.60. The molecule has 0 heterocycles. The lowest BCUT2D eigenvalue weighted by molar-refractivity contribution is 0.297. The maximum atomic E-state index is 8.14. The number of hydrazine groups is 1. The largest absolute Gasteiger partial charge is 0.388 e. The maximum absolute atomic E-state index is 8.14. The van der Waals surface area contributed by atoms with Crippen LogP contribution in [0.15, 0.2) is 5.10 Å². The van der Waals surface area contributed by atoms with Crippen LogP contribution in [0, 0.1) is 11.3 Å². The van der Waals surface area contributed by atoms with Gasteiger partial charge in [-0.25, -0.2) is 11.0 Å². The van der Waals surface area contributed by atoms with Crippen LogP contribution in [-0.4, -0.2) is 18.0 Å². The Kier molecular flexibility index (Phi) is 5.10. The highest BCUT2D eigenvalue weighted by Crippen LogP contribution is 1.87. The zero-order chi connectivity index (χ0) is 7.82. The molecule has 0 spiro atoms. The minimum atomic E-state index is 0.494. The molecule has 0 amide bonds. The summed E-state index contributed by atoms with van der Waals surface area (Å²) in [6.45, 7) is 0.557. The Hall–Kier alpha value is -1.28. The van der Waals surface area contributed by atoms with Crippen LogP contribution in [0.5, 0.6) is 0 Å². The van der Waals surface area contributed by atoms with Gasteiger partial charge in [0.05, 0.1) is 12.6 Å². The average Bonchev–Trinajstić information content (AvgIpc) is 1.89. The summed E-state index contributed by atoms with van der Waals surface area (Å²) in [6.07, 6.45) is 2.32. The van der Waals surface area contributed by atoms with Crippen LogP contribution < -0.4 is 11.6 Å². The molecule has 0 aliphatic heterocycles. The highest BCUT2D eigenvalue weighted by molar-refractivity contribution is 5.50. The zero-order valence-corrected chi connectivity index (χ0v) is 5.70. The molecule has 4 N–H and O–H groups in total. The molecule has 0 aromatic carbocycles. The minimum absolute atomic E-state index is 0.494. The van der Waals surface area contributed by atoms with Gasteiger partial charge in [-0.1, -0.05) is 0 Å². The summed E-state index contributed by atoms with van der Waals surface area (Å²) >= 11 is 0. The first-order valence-corrected chi connectivity index (χ1v) is 2.94. The molecule has 5 nitrogen and oxygen atoms in total. The van der Waals surface area contributed by atoms with E-state index in [0.29, 0.717) is 19.4 Å². The van der Waals surface area contributed by atoms with Crippen molar-refractivity contribution in [1.29, 1.82) is 5.26 Å². The van der Waals surface area contributed by atoms with E-state index in [9.17, 15) is 0 Å². The van der Waals surface area contributed by atoms with Gasteiger partial charge in [-0.05, 0) is 6.42 Å². The predicted molar refractivity (Wildman–Crippen MR) is 38.4 cm³/mol. The fourth-order valence-corrected chi connectivity index (χ4v) is 0.463. The van der Waals surface area contributed by atoms with Gasteiger partial charge in [0, 0.05) is 6.42 Å². The summed E-state index contributed by atoms with van der Waals surface area (Å²) in [5.41, 5.74) is 4.96. The molecule has 5 heteroatoms. The van der Waals surface area contributed by atoms with Crippen LogP contribution in [-0.2, 0) is 0 Å². The molecule has 0 saturated heterocycles. The summed E-state index contributed by atoms with van der Waals surface area (Å²) in [7, 11) is 0. The van der Waals surface area contributed by atoms with E-state index in [1.165, 1.54) is 5.12 Å². The molecular formula is C5H11N5. The monoisotopic (exact) mass is 141 g/mol. The Bertz CT molecular complexity index is 135. The standard InChI is InChI=1S/C5H11N5/c6-3-1-2-4-10(8)9-5-7/h5H,1-2,4,8H2,(H2,7,9). The zero-order valence-electron chi connectivity index (χ0n) is 5.70. The molecule has 0 rings (SSSR count). The Balaban J connectivity index is 3.23. The van der Waals surface area contributed by atoms with Crippen LogP contribution in [0.2, 0.25) is 0 Å². The molecule has 0 saturated carbocycles. The van der Waals surface area contributed by atoms with Gasteiger partial charge in [0.25, 0.3) is 0 Å². The number of hydrogen-bond acceptors (Lipinski definition) is 4. The van der Waals surface area contributed by atoms with Crippen LogP contribution in [0.25, 0.3) is 0 Å². The fraction of sp³-hybridized carbons (Fsp3) is 0.600. The average molecular weight is 141 g/mol. The van der Waals surface area contributed by atoms with Gasteiger partial charge in [0.15, 0.2) is 0 Å². The van der Waals surface area contributed by atoms with Crippen LogP contribution in [0.1, 0.15) is 12.8 Å². The van der Waals surface area contributed by atoms with Crippen molar-refractivity contribution >= 4 is 6.34 Å². The molecule has 56 valence electrons. The molecular weight excluding hydrogens is 130 g/mol. The van der Waals surface area contributed by atoms with Crippen molar-refractivity contribution in [2.24, 2.45) is 16.7 Å². The van der Waals surface area contributed by atoms with Gasteiger partial charge >= 0.3 is 0 Å². The molecule has 10 heavy (non-hydrogen) atoms. The summed E-state index contributed by atoms with van der Waals surface area (Å²) in [4.78, 5) is 0. The smallest absolute Gasteiger partial charge is 0.107 e. The number of nitrogens with zero attached hydrogens (tertiary/aromatic N) is 3. The van der Waals surface area contributed by atoms with E-state index in [-0.39, 0.29) is 0 Å². The predicted octanol–water partition coefficient (Wildman–Crippen LogP) is -0.632. The van der Waals surface area contributed by atoms with Crippen molar-refractivity contribution < 1.29 is 0 Å². The van der Waals surface area contributed by atoms with E-state index < -0.39 is 0 Å². The van der Waals surface area contributed by atoms with Gasteiger partial charge < -0.3 is 5.73 Å². The quantitative estimate of drug-likeness (QED) is 0.179. The lowest BCUT2D eigenvalue weighted by atomic mass is 10.3. The number of nitriles is 1. The molecule has 0 unspecified atom stereocenters. The lowest BCUT2D eigenvalue weighted by Crippen LogP contribution is -2.26. The van der Waals surface area contributed by atoms with Crippen LogP contribution >= 0.6 is 0 Å². The van der Waals surface area contributed by atoms with E-state index in [4.69, 9.17) is 16.8 Å². The second-order valence-electron chi connectivity index (χ2n) is 1.69. The summed E-state index contributed by atoms with van der Waals surface area (Å²) in [6, 6.07) is 2.00. The van der Waals surface area contributed by atoms with Crippen molar-refractivity contribution in [1.82, 2.24) is 5.12 Å². The molecule has 0 fully saturated rings. The number of hydrazone groups is 1. The fourth-order valence-electron chi connectivity index (χ4n) is 0.463. The molecule has 0 aliphatic carbocycles. The summed E-state index contributed by atoms with van der Waals surface area (Å²) in [5, 5.41) is 12.9. The van der Waals surface area contributed by atoms with Crippen molar-refractivity contribution in [3.8, 4) is 6.07 Å². The van der Waals surface area contributed by atoms with E-state index in [2.05, 4.69) is 5.10 Å². The van der Waals surface area contributed by atoms with Crippen molar-refractivity contribution in [3.05, 3.63) is 0 Å². The summed E-state index contributed by atoms with van der Waals surface area (Å²) < 4.78 is 0. The molecule has 0 aromatic heterocycles. The van der Waals surface area contributed by atoms with Crippen molar-refractivity contribution in [3.63, 3.8) is 0 Å². The molecule has 0 atom stereocenters. The third-order valence-electron chi connectivity index (χ3n) is 0.891. The molecule has 0 bridgehead atoms. The first-order chi connectivity index (χ1) is 4.81. The van der Waals surface area contributed by atoms with E-state index >= 15 is 0 Å². The molecule has 0 aromatic rings. The molecule has 0 radical (unpaired) electrons. The van der Waals surface area contributed by atoms with Crippen molar-refractivity contribution in [2.45, 2.75) is 12.8 Å². The Labute approximate surface area is 59.9 Å². The van der Waals surface area contributed by atoms with E-state index in [0.717, 1.165) is 6.34 Å². The van der Waals surface area contributed by atoms with Gasteiger partial charge in [-0.15, -0.1) is 0 Å². The number of rotatable bonds is 4. The van der Waals surface area contributed by atoms with Gasteiger partial charge in [0.1, 0.15) is 6.34 Å². The maximum Gasteiger partial charge on any atom is 0.107 e. The number of unbranched alkanes of at least 4 members (excludes halogenated alkanes) is 1. The highest BCUT2D eigenvalue weighted by atomic mass is 15.6. The molecule has 0 aliphatic rings. The topological polar surface area (TPSA) is 91.4 Å². The van der Waals surface area contributed by atoms with Gasteiger partial charge in [-0.2, -0.15) is 10.4 Å². The lowest BCUT2D eigenvalue weighted by Gasteiger charge is -2.08. The summed E-state index contributed by atoms with van der Waals surface area (Å²) in [5.74, 6) is 5.27. The number of hydrogen-bond donors (Lipinski definition) is 2. The van der Waals surface area contributed by atoms with E-state index in [1.54, 1.807) is 0 Å². The third kappa shape index (κ3) is 4.87. The Morgan fingerprint density at radius 1 is 1.70 bits per heavy atom. The minimum Gasteiger partial charge on any atom is -0.388 e. The third-order valence-corrected chi connectivity index (χ3v) is 0.891.